The summed E-state index contributed by atoms with van der Waals surface area (Å²) < 4.78 is 0. The second-order valence-corrected chi connectivity index (χ2v) is 3.98. The number of carbonyl (C=O) groups excluding carboxylic acids is 1. The summed E-state index contributed by atoms with van der Waals surface area (Å²) in [7, 11) is 0. The van der Waals surface area contributed by atoms with Gasteiger partial charge in [-0.2, -0.15) is 0 Å². The van der Waals surface area contributed by atoms with Crippen molar-refractivity contribution in [2.45, 2.75) is 32.4 Å². The number of carbonyl (C=O) groups is 1. The quantitative estimate of drug-likeness (QED) is 0.440. The summed E-state index contributed by atoms with van der Waals surface area (Å²) >= 11 is 0. The molecular formula is C9H20N2O3. The Kier molecular flexibility index (Phi) is 5.68. The fraction of sp³-hybridized carbons (Fsp3) is 0.889. The van der Waals surface area contributed by atoms with Crippen molar-refractivity contribution in [3.8, 4) is 0 Å². The number of hydrogen-bond donors (Lipinski definition) is 4. The second kappa shape index (κ2) is 5.95. The Morgan fingerprint density at radius 1 is 1.50 bits per heavy atom. The molecule has 0 rings (SSSR count). The smallest absolute Gasteiger partial charge is 0.234 e. The minimum absolute atomic E-state index is 0.114. The number of aliphatic hydroxyl groups excluding tert-OH is 1. The molecule has 5 nitrogen and oxygen atoms in total. The predicted octanol–water partition coefficient (Wildman–Crippen LogP) is -1.16. The van der Waals surface area contributed by atoms with Gasteiger partial charge < -0.3 is 20.8 Å². The van der Waals surface area contributed by atoms with Crippen LogP contribution in [0, 0.1) is 0 Å². The number of nitrogens with one attached hydrogen (secondary N) is 2. The SMILES string of the molecule is CC(C)NC(=O)CNCC(C)(O)CO. The summed E-state index contributed by atoms with van der Waals surface area (Å²) in [4.78, 5) is 11.1. The Labute approximate surface area is 84.5 Å². The number of rotatable bonds is 6. The van der Waals surface area contributed by atoms with Crippen LogP contribution in [0.5, 0.6) is 0 Å². The third-order valence-corrected chi connectivity index (χ3v) is 1.58. The number of aliphatic hydroxyl groups is 2. The molecular weight excluding hydrogens is 184 g/mol. The Hall–Kier alpha value is -0.650. The van der Waals surface area contributed by atoms with Crippen LogP contribution in [0.25, 0.3) is 0 Å². The Morgan fingerprint density at radius 2 is 2.07 bits per heavy atom. The van der Waals surface area contributed by atoms with E-state index in [0.717, 1.165) is 0 Å². The molecule has 0 aromatic rings. The van der Waals surface area contributed by atoms with Crippen LogP contribution >= 0.6 is 0 Å². The molecule has 0 aliphatic rings. The fourth-order valence-corrected chi connectivity index (χ4v) is 0.874. The highest BCUT2D eigenvalue weighted by atomic mass is 16.3. The van der Waals surface area contributed by atoms with E-state index >= 15 is 0 Å². The van der Waals surface area contributed by atoms with Gasteiger partial charge in [-0.25, -0.2) is 0 Å². The molecule has 84 valence electrons. The van der Waals surface area contributed by atoms with Crippen LogP contribution in [0.1, 0.15) is 20.8 Å². The maximum Gasteiger partial charge on any atom is 0.234 e. The Balaban J connectivity index is 3.59. The lowest BCUT2D eigenvalue weighted by Crippen LogP contribution is -2.45. The Morgan fingerprint density at radius 3 is 2.50 bits per heavy atom. The first-order valence-corrected chi connectivity index (χ1v) is 4.71. The van der Waals surface area contributed by atoms with E-state index in [2.05, 4.69) is 10.6 Å². The standard InChI is InChI=1S/C9H20N2O3/c1-7(2)11-8(13)4-10-5-9(3,14)6-12/h7,10,12,14H,4-6H2,1-3H3,(H,11,13). The van der Waals surface area contributed by atoms with Gasteiger partial charge in [0.15, 0.2) is 0 Å². The van der Waals surface area contributed by atoms with Crippen LogP contribution in [0.4, 0.5) is 0 Å². The van der Waals surface area contributed by atoms with Gasteiger partial charge >= 0.3 is 0 Å². The van der Waals surface area contributed by atoms with Gasteiger partial charge in [0.25, 0.3) is 0 Å². The molecule has 0 saturated carbocycles. The maximum atomic E-state index is 11.1. The molecule has 4 N–H and O–H groups in total. The van der Waals surface area contributed by atoms with Crippen molar-refractivity contribution >= 4 is 5.91 Å². The molecule has 0 spiro atoms. The first-order valence-electron chi connectivity index (χ1n) is 4.71. The Bertz CT molecular complexity index is 181. The summed E-state index contributed by atoms with van der Waals surface area (Å²) in [5.74, 6) is -0.117. The molecule has 14 heavy (non-hydrogen) atoms. The molecule has 0 saturated heterocycles. The van der Waals surface area contributed by atoms with Crippen LogP contribution < -0.4 is 10.6 Å². The van der Waals surface area contributed by atoms with Crippen LogP contribution in [-0.2, 0) is 4.79 Å². The predicted molar refractivity (Wildman–Crippen MR) is 53.9 cm³/mol. The van der Waals surface area contributed by atoms with Crippen LogP contribution in [0.2, 0.25) is 0 Å². The summed E-state index contributed by atoms with van der Waals surface area (Å²) in [6.07, 6.45) is 0. The van der Waals surface area contributed by atoms with Crippen LogP contribution in [0.15, 0.2) is 0 Å². The largest absolute Gasteiger partial charge is 0.393 e. The lowest BCUT2D eigenvalue weighted by molar-refractivity contribution is -0.120. The van der Waals surface area contributed by atoms with E-state index in [1.54, 1.807) is 0 Å². The van der Waals surface area contributed by atoms with E-state index in [1.807, 2.05) is 13.8 Å². The third kappa shape index (κ3) is 6.82. The van der Waals surface area contributed by atoms with E-state index in [1.165, 1.54) is 6.92 Å². The van der Waals surface area contributed by atoms with Crippen molar-refractivity contribution in [2.24, 2.45) is 0 Å². The van der Waals surface area contributed by atoms with Crippen molar-refractivity contribution in [1.82, 2.24) is 10.6 Å². The molecule has 0 aromatic carbocycles. The molecule has 0 aliphatic heterocycles. The highest BCUT2D eigenvalue weighted by molar-refractivity contribution is 5.78. The van der Waals surface area contributed by atoms with E-state index < -0.39 is 5.60 Å². The van der Waals surface area contributed by atoms with Crippen LogP contribution in [-0.4, -0.2) is 47.5 Å². The highest BCUT2D eigenvalue weighted by Crippen LogP contribution is 1.97. The van der Waals surface area contributed by atoms with Crippen molar-refractivity contribution in [3.63, 3.8) is 0 Å². The molecule has 0 bridgehead atoms. The van der Waals surface area contributed by atoms with E-state index in [9.17, 15) is 9.90 Å². The summed E-state index contributed by atoms with van der Waals surface area (Å²) in [6, 6.07) is 0.114. The van der Waals surface area contributed by atoms with Gasteiger partial charge in [-0.05, 0) is 20.8 Å². The van der Waals surface area contributed by atoms with Gasteiger partial charge in [-0.1, -0.05) is 0 Å². The molecule has 5 heteroatoms. The molecule has 1 atom stereocenters. The van der Waals surface area contributed by atoms with E-state index in [4.69, 9.17) is 5.11 Å². The zero-order chi connectivity index (χ0) is 11.2. The monoisotopic (exact) mass is 204 g/mol. The van der Waals surface area contributed by atoms with E-state index in [-0.39, 0.29) is 31.6 Å². The zero-order valence-corrected chi connectivity index (χ0v) is 9.00. The molecule has 0 aromatic heterocycles. The topological polar surface area (TPSA) is 81.6 Å². The van der Waals surface area contributed by atoms with Crippen molar-refractivity contribution in [3.05, 3.63) is 0 Å². The molecule has 0 heterocycles. The average molecular weight is 204 g/mol. The normalized spacial score (nSPS) is 15.3. The molecule has 0 fully saturated rings. The number of hydrogen-bond acceptors (Lipinski definition) is 4. The van der Waals surface area contributed by atoms with Crippen molar-refractivity contribution < 1.29 is 15.0 Å². The minimum Gasteiger partial charge on any atom is -0.393 e. The van der Waals surface area contributed by atoms with Crippen molar-refractivity contribution in [2.75, 3.05) is 19.7 Å². The maximum absolute atomic E-state index is 11.1. The van der Waals surface area contributed by atoms with Gasteiger partial charge in [-0.3, -0.25) is 4.79 Å². The summed E-state index contributed by atoms with van der Waals surface area (Å²) in [5, 5.41) is 23.5. The zero-order valence-electron chi connectivity index (χ0n) is 9.00. The van der Waals surface area contributed by atoms with E-state index in [0.29, 0.717) is 0 Å². The lowest BCUT2D eigenvalue weighted by Gasteiger charge is -2.20. The van der Waals surface area contributed by atoms with Gasteiger partial charge in [-0.15, -0.1) is 0 Å². The first-order chi connectivity index (χ1) is 6.37. The van der Waals surface area contributed by atoms with Gasteiger partial charge in [0.05, 0.1) is 18.8 Å². The van der Waals surface area contributed by atoms with Gasteiger partial charge in [0.1, 0.15) is 0 Å². The molecule has 1 amide bonds. The summed E-state index contributed by atoms with van der Waals surface area (Å²) in [5.41, 5.74) is -1.17. The average Bonchev–Trinajstić information content (AvgIpc) is 2.02. The van der Waals surface area contributed by atoms with Crippen LogP contribution in [0.3, 0.4) is 0 Å². The van der Waals surface area contributed by atoms with Crippen molar-refractivity contribution in [1.29, 1.82) is 0 Å². The highest BCUT2D eigenvalue weighted by Gasteiger charge is 2.18. The minimum atomic E-state index is -1.17. The molecule has 0 radical (unpaired) electrons. The van der Waals surface area contributed by atoms with Gasteiger partial charge in [0.2, 0.25) is 5.91 Å². The first kappa shape index (κ1) is 13.4. The summed E-state index contributed by atoms with van der Waals surface area (Å²) in [6.45, 7) is 5.26. The fourth-order valence-electron chi connectivity index (χ4n) is 0.874. The van der Waals surface area contributed by atoms with Gasteiger partial charge in [0, 0.05) is 12.6 Å². The lowest BCUT2D eigenvalue weighted by atomic mass is 10.1. The second-order valence-electron chi connectivity index (χ2n) is 3.98. The third-order valence-electron chi connectivity index (χ3n) is 1.58. The molecule has 0 aliphatic carbocycles. The molecule has 1 unspecified atom stereocenters. The number of amides is 1.